The Labute approximate surface area is 137 Å². The molecule has 1 aromatic rings. The average molecular weight is 364 g/mol. The lowest BCUT2D eigenvalue weighted by molar-refractivity contribution is -0.119. The zero-order valence-electron chi connectivity index (χ0n) is 12.7. The SMILES string of the molecule is COB1CC[C@H](C(=O)Nc2cccc(S(=O)(=O)C(F)(F)F)c2)[C@@H]1N. The van der Waals surface area contributed by atoms with Crippen LogP contribution in [0.2, 0.25) is 6.32 Å². The largest absolute Gasteiger partial charge is 0.501 e. The number of rotatable bonds is 4. The first-order valence-corrected chi connectivity index (χ1v) is 8.57. The van der Waals surface area contributed by atoms with Crippen molar-refractivity contribution in [2.75, 3.05) is 12.4 Å². The molecule has 2 atom stereocenters. The van der Waals surface area contributed by atoms with Gasteiger partial charge in [-0.15, -0.1) is 0 Å². The maximum Gasteiger partial charge on any atom is 0.501 e. The summed E-state index contributed by atoms with van der Waals surface area (Å²) in [7, 11) is -3.99. The Kier molecular flexibility index (Phi) is 5.26. The second-order valence-electron chi connectivity index (χ2n) is 5.50. The summed E-state index contributed by atoms with van der Waals surface area (Å²) in [6.07, 6.45) is 1.07. The van der Waals surface area contributed by atoms with Gasteiger partial charge in [-0.05, 0) is 30.9 Å². The van der Waals surface area contributed by atoms with Gasteiger partial charge in [0.05, 0.1) is 4.90 Å². The minimum atomic E-state index is -5.47. The average Bonchev–Trinajstić information content (AvgIpc) is 2.87. The summed E-state index contributed by atoms with van der Waals surface area (Å²) in [4.78, 5) is 11.3. The van der Waals surface area contributed by atoms with E-state index in [2.05, 4.69) is 5.32 Å². The predicted molar refractivity (Wildman–Crippen MR) is 82.0 cm³/mol. The number of nitrogens with two attached hydrogens (primary N) is 1. The minimum absolute atomic E-state index is 0.0432. The molecule has 0 unspecified atom stereocenters. The Morgan fingerprint density at radius 3 is 2.62 bits per heavy atom. The minimum Gasteiger partial charge on any atom is -0.437 e. The molecule has 0 aliphatic carbocycles. The van der Waals surface area contributed by atoms with Crippen LogP contribution in [0.25, 0.3) is 0 Å². The lowest BCUT2D eigenvalue weighted by Gasteiger charge is -2.18. The van der Waals surface area contributed by atoms with Crippen LogP contribution in [0.3, 0.4) is 0 Å². The summed E-state index contributed by atoms with van der Waals surface area (Å²) in [5.74, 6) is -1.57. The van der Waals surface area contributed by atoms with Crippen LogP contribution in [-0.2, 0) is 19.3 Å². The number of carbonyl (C=O) groups excluding carboxylic acids is 1. The molecule has 1 aliphatic rings. The second kappa shape index (κ2) is 6.73. The maximum atomic E-state index is 12.6. The van der Waals surface area contributed by atoms with E-state index in [9.17, 15) is 26.4 Å². The van der Waals surface area contributed by atoms with Gasteiger partial charge in [-0.3, -0.25) is 4.79 Å². The van der Waals surface area contributed by atoms with Crippen LogP contribution < -0.4 is 11.1 Å². The quantitative estimate of drug-likeness (QED) is 0.788. The summed E-state index contributed by atoms with van der Waals surface area (Å²) in [5, 5.41) is 2.42. The van der Waals surface area contributed by atoms with Crippen LogP contribution in [0.15, 0.2) is 29.2 Å². The smallest absolute Gasteiger partial charge is 0.437 e. The molecule has 0 bridgehead atoms. The summed E-state index contributed by atoms with van der Waals surface area (Å²) < 4.78 is 65.7. The zero-order chi connectivity index (χ0) is 18.1. The molecular formula is C13H16BF3N2O4S. The molecule has 1 saturated heterocycles. The van der Waals surface area contributed by atoms with Crippen LogP contribution in [0.1, 0.15) is 6.42 Å². The third kappa shape index (κ3) is 3.57. The number of amides is 1. The van der Waals surface area contributed by atoms with Crippen LogP contribution >= 0.6 is 0 Å². The highest BCUT2D eigenvalue weighted by Crippen LogP contribution is 2.32. The molecular weight excluding hydrogens is 348 g/mol. The molecule has 0 spiro atoms. The third-order valence-corrected chi connectivity index (χ3v) is 5.50. The molecule has 0 aromatic heterocycles. The van der Waals surface area contributed by atoms with Gasteiger partial charge in [0.15, 0.2) is 0 Å². The molecule has 11 heteroatoms. The van der Waals surface area contributed by atoms with Gasteiger partial charge < -0.3 is 15.7 Å². The highest BCUT2D eigenvalue weighted by molar-refractivity contribution is 7.92. The molecule has 3 N–H and O–H groups in total. The lowest BCUT2D eigenvalue weighted by Crippen LogP contribution is -2.44. The van der Waals surface area contributed by atoms with E-state index >= 15 is 0 Å². The van der Waals surface area contributed by atoms with Gasteiger partial charge >= 0.3 is 12.4 Å². The van der Waals surface area contributed by atoms with E-state index in [4.69, 9.17) is 10.4 Å². The van der Waals surface area contributed by atoms with E-state index < -0.39 is 38.0 Å². The monoisotopic (exact) mass is 364 g/mol. The van der Waals surface area contributed by atoms with Crippen molar-refractivity contribution in [3.8, 4) is 0 Å². The second-order valence-corrected chi connectivity index (χ2v) is 7.44. The van der Waals surface area contributed by atoms with E-state index in [0.29, 0.717) is 12.7 Å². The van der Waals surface area contributed by atoms with Crippen LogP contribution in [0, 0.1) is 5.92 Å². The molecule has 1 heterocycles. The number of nitrogens with one attached hydrogen (secondary N) is 1. The summed E-state index contributed by atoms with van der Waals surface area (Å²) in [6.45, 7) is -0.266. The molecule has 0 radical (unpaired) electrons. The van der Waals surface area contributed by atoms with Crippen LogP contribution in [0.4, 0.5) is 18.9 Å². The molecule has 6 nitrogen and oxygen atoms in total. The Morgan fingerprint density at radius 1 is 1.42 bits per heavy atom. The van der Waals surface area contributed by atoms with Gasteiger partial charge in [-0.1, -0.05) is 6.07 Å². The summed E-state index contributed by atoms with van der Waals surface area (Å²) in [5.41, 5.74) is 0.463. The Morgan fingerprint density at radius 2 is 2.08 bits per heavy atom. The summed E-state index contributed by atoms with van der Waals surface area (Å²) >= 11 is 0. The van der Waals surface area contributed by atoms with Gasteiger partial charge in [0.1, 0.15) is 0 Å². The zero-order valence-corrected chi connectivity index (χ0v) is 13.5. The van der Waals surface area contributed by atoms with E-state index in [1.165, 1.54) is 13.2 Å². The molecule has 1 aromatic carbocycles. The fraction of sp³-hybridized carbons (Fsp3) is 0.462. The van der Waals surface area contributed by atoms with Crippen molar-refractivity contribution in [3.05, 3.63) is 24.3 Å². The summed E-state index contributed by atoms with van der Waals surface area (Å²) in [6, 6.07) is 4.03. The first kappa shape index (κ1) is 18.7. The number of anilines is 1. The normalized spacial score (nSPS) is 21.8. The van der Waals surface area contributed by atoms with E-state index in [-0.39, 0.29) is 12.6 Å². The Hall–Kier alpha value is -1.59. The number of halogens is 3. The first-order valence-electron chi connectivity index (χ1n) is 7.08. The van der Waals surface area contributed by atoms with E-state index in [1.54, 1.807) is 0 Å². The fourth-order valence-electron chi connectivity index (χ4n) is 2.68. The number of hydrogen-bond acceptors (Lipinski definition) is 5. The molecule has 1 amide bonds. The van der Waals surface area contributed by atoms with Crippen LogP contribution in [-0.4, -0.2) is 39.8 Å². The van der Waals surface area contributed by atoms with Crippen molar-refractivity contribution in [3.63, 3.8) is 0 Å². The molecule has 2 rings (SSSR count). The molecule has 0 saturated carbocycles. The van der Waals surface area contributed by atoms with Crippen molar-refractivity contribution in [2.45, 2.75) is 29.1 Å². The van der Waals surface area contributed by atoms with E-state index in [1.807, 2.05) is 0 Å². The number of hydrogen-bond donors (Lipinski definition) is 2. The highest BCUT2D eigenvalue weighted by atomic mass is 32.2. The van der Waals surface area contributed by atoms with Crippen LogP contribution in [0.5, 0.6) is 0 Å². The first-order chi connectivity index (χ1) is 11.1. The predicted octanol–water partition coefficient (Wildman–Crippen LogP) is 1.44. The molecule has 1 aliphatic heterocycles. The third-order valence-electron chi connectivity index (χ3n) is 4.01. The van der Waals surface area contributed by atoms with Crippen molar-refractivity contribution in [1.82, 2.24) is 0 Å². The number of sulfone groups is 1. The van der Waals surface area contributed by atoms with Crippen molar-refractivity contribution >= 4 is 28.3 Å². The van der Waals surface area contributed by atoms with Crippen molar-refractivity contribution in [2.24, 2.45) is 11.7 Å². The number of alkyl halides is 3. The van der Waals surface area contributed by atoms with Gasteiger partial charge in [-0.2, -0.15) is 13.2 Å². The van der Waals surface area contributed by atoms with Gasteiger partial charge in [0.2, 0.25) is 5.91 Å². The maximum absolute atomic E-state index is 12.6. The number of carbonyl (C=O) groups is 1. The molecule has 24 heavy (non-hydrogen) atoms. The molecule has 1 fully saturated rings. The van der Waals surface area contributed by atoms with Gasteiger partial charge in [-0.25, -0.2) is 8.42 Å². The van der Waals surface area contributed by atoms with E-state index in [0.717, 1.165) is 18.2 Å². The van der Waals surface area contributed by atoms with Gasteiger partial charge in [0.25, 0.3) is 9.84 Å². The lowest BCUT2D eigenvalue weighted by atomic mass is 9.61. The van der Waals surface area contributed by atoms with Crippen molar-refractivity contribution < 1.29 is 31.0 Å². The number of benzene rings is 1. The topological polar surface area (TPSA) is 98.5 Å². The highest BCUT2D eigenvalue weighted by Gasteiger charge is 2.47. The van der Waals surface area contributed by atoms with Gasteiger partial charge in [0, 0.05) is 24.7 Å². The van der Waals surface area contributed by atoms with Crippen molar-refractivity contribution in [1.29, 1.82) is 0 Å². The fourth-order valence-corrected chi connectivity index (χ4v) is 3.49. The standard InChI is InChI=1S/C13H16BF3N2O4S/c1-23-14-6-5-10(11(14)18)12(20)19-8-3-2-4-9(7-8)24(21,22)13(15,16)17/h2-4,7,10-11H,5-6,18H2,1H3,(H,19,20)/t10-,11-/m0/s1. The Balaban J connectivity index is 2.18. The molecule has 132 valence electrons. The Bertz CT molecular complexity index is 726.